The Balaban J connectivity index is 2.01. The van der Waals surface area contributed by atoms with Gasteiger partial charge in [-0.3, -0.25) is 4.79 Å². The smallest absolute Gasteiger partial charge is 0.165 e. The van der Waals surface area contributed by atoms with Crippen molar-refractivity contribution < 1.29 is 4.79 Å². The monoisotopic (exact) mass is 286 g/mol. The summed E-state index contributed by atoms with van der Waals surface area (Å²) in [7, 11) is 0. The lowest BCUT2D eigenvalue weighted by Crippen LogP contribution is -2.14. The number of carbonyl (C=O) groups excluding carboxylic acids is 1. The van der Waals surface area contributed by atoms with E-state index >= 15 is 0 Å². The zero-order valence-corrected chi connectivity index (χ0v) is 13.7. The van der Waals surface area contributed by atoms with Crippen molar-refractivity contribution in [3.05, 3.63) is 35.4 Å². The number of hydrogen-bond donors (Lipinski definition) is 0. The van der Waals surface area contributed by atoms with Crippen LogP contribution in [0.4, 0.5) is 0 Å². The molecule has 1 fully saturated rings. The third-order valence-electron chi connectivity index (χ3n) is 5.04. The molecular weight excluding hydrogens is 256 g/mol. The molecule has 1 aromatic carbocycles. The Hall–Kier alpha value is -1.11. The summed E-state index contributed by atoms with van der Waals surface area (Å²) >= 11 is 0. The van der Waals surface area contributed by atoms with Crippen molar-refractivity contribution in [2.24, 2.45) is 5.92 Å². The fraction of sp³-hybridized carbons (Fsp3) is 0.650. The van der Waals surface area contributed by atoms with Gasteiger partial charge in [-0.15, -0.1) is 0 Å². The molecule has 0 N–H and O–H groups in total. The summed E-state index contributed by atoms with van der Waals surface area (Å²) in [4.78, 5) is 12.6. The van der Waals surface area contributed by atoms with Gasteiger partial charge in [-0.05, 0) is 37.2 Å². The Morgan fingerprint density at radius 2 is 1.76 bits per heavy atom. The maximum absolute atomic E-state index is 12.6. The van der Waals surface area contributed by atoms with Gasteiger partial charge in [-0.1, -0.05) is 70.2 Å². The number of hydrogen-bond acceptors (Lipinski definition) is 1. The Kier molecular flexibility index (Phi) is 6.48. The molecule has 1 saturated carbocycles. The van der Waals surface area contributed by atoms with E-state index in [1.54, 1.807) is 0 Å². The van der Waals surface area contributed by atoms with Crippen LogP contribution in [0, 0.1) is 5.92 Å². The average molecular weight is 286 g/mol. The van der Waals surface area contributed by atoms with Crippen molar-refractivity contribution in [3.63, 3.8) is 0 Å². The second kappa shape index (κ2) is 8.36. The number of carbonyl (C=O) groups is 1. The predicted molar refractivity (Wildman–Crippen MR) is 89.9 cm³/mol. The summed E-state index contributed by atoms with van der Waals surface area (Å²) in [5.74, 6) is 1.29. The quantitative estimate of drug-likeness (QED) is 0.551. The molecule has 1 nitrogen and oxygen atoms in total. The van der Waals surface area contributed by atoms with E-state index in [1.165, 1.54) is 44.1 Å². The molecule has 1 heteroatoms. The number of benzene rings is 1. The van der Waals surface area contributed by atoms with E-state index in [0.29, 0.717) is 5.78 Å². The fourth-order valence-electron chi connectivity index (χ4n) is 3.56. The molecule has 1 aliphatic rings. The van der Waals surface area contributed by atoms with E-state index < -0.39 is 0 Å². The first-order valence-corrected chi connectivity index (χ1v) is 8.90. The lowest BCUT2D eigenvalue weighted by atomic mass is 9.83. The third kappa shape index (κ3) is 4.43. The normalized spacial score (nSPS) is 17.6. The first-order valence-electron chi connectivity index (χ1n) is 8.90. The molecule has 21 heavy (non-hydrogen) atoms. The number of ketones is 1. The van der Waals surface area contributed by atoms with Crippen LogP contribution in [-0.2, 0) is 0 Å². The van der Waals surface area contributed by atoms with Crippen LogP contribution >= 0.6 is 0 Å². The van der Waals surface area contributed by atoms with Crippen LogP contribution < -0.4 is 0 Å². The molecule has 0 aliphatic heterocycles. The molecule has 0 saturated heterocycles. The molecule has 1 unspecified atom stereocenters. The van der Waals surface area contributed by atoms with Crippen LogP contribution in [0.25, 0.3) is 0 Å². The first-order chi connectivity index (χ1) is 10.3. The molecule has 0 heterocycles. The van der Waals surface area contributed by atoms with Gasteiger partial charge in [0.15, 0.2) is 5.78 Å². The summed E-state index contributed by atoms with van der Waals surface area (Å²) in [6.07, 6.45) is 11.1. The molecule has 1 aromatic rings. The van der Waals surface area contributed by atoms with Crippen molar-refractivity contribution in [3.8, 4) is 0 Å². The maximum Gasteiger partial charge on any atom is 0.165 e. The van der Waals surface area contributed by atoms with Crippen molar-refractivity contribution in [1.82, 2.24) is 0 Å². The van der Waals surface area contributed by atoms with Crippen LogP contribution in [0.15, 0.2) is 24.3 Å². The van der Waals surface area contributed by atoms with E-state index in [-0.39, 0.29) is 5.92 Å². The topological polar surface area (TPSA) is 17.1 Å². The Bertz CT molecular complexity index is 426. The highest BCUT2D eigenvalue weighted by molar-refractivity contribution is 5.97. The van der Waals surface area contributed by atoms with Crippen LogP contribution in [0.1, 0.15) is 93.5 Å². The zero-order chi connectivity index (χ0) is 15.1. The van der Waals surface area contributed by atoms with Crippen molar-refractivity contribution in [2.75, 3.05) is 0 Å². The largest absolute Gasteiger partial charge is 0.294 e. The van der Waals surface area contributed by atoms with Gasteiger partial charge in [0.1, 0.15) is 0 Å². The van der Waals surface area contributed by atoms with Crippen molar-refractivity contribution in [1.29, 1.82) is 0 Å². The van der Waals surface area contributed by atoms with Crippen LogP contribution in [0.3, 0.4) is 0 Å². The zero-order valence-electron chi connectivity index (χ0n) is 13.7. The number of Topliss-reactive ketones (excluding diaryl/α,β-unsaturated/α-hetero) is 1. The van der Waals surface area contributed by atoms with Crippen molar-refractivity contribution in [2.45, 2.75) is 77.6 Å². The van der Waals surface area contributed by atoms with Gasteiger partial charge in [0.25, 0.3) is 0 Å². The minimum absolute atomic E-state index is 0.213. The third-order valence-corrected chi connectivity index (χ3v) is 5.04. The lowest BCUT2D eigenvalue weighted by molar-refractivity contribution is 0.0908. The van der Waals surface area contributed by atoms with E-state index in [9.17, 15) is 4.79 Å². The maximum atomic E-state index is 12.6. The Morgan fingerprint density at radius 3 is 2.33 bits per heavy atom. The summed E-state index contributed by atoms with van der Waals surface area (Å²) in [5.41, 5.74) is 2.35. The van der Waals surface area contributed by atoms with Gasteiger partial charge in [0.2, 0.25) is 0 Å². The van der Waals surface area contributed by atoms with E-state index in [0.717, 1.165) is 30.7 Å². The number of unbranched alkanes of at least 4 members (excludes halogenated alkanes) is 1. The highest BCUT2D eigenvalue weighted by atomic mass is 16.1. The van der Waals surface area contributed by atoms with Gasteiger partial charge in [-0.2, -0.15) is 0 Å². The summed E-state index contributed by atoms with van der Waals surface area (Å²) < 4.78 is 0. The highest BCUT2D eigenvalue weighted by Gasteiger charge is 2.19. The van der Waals surface area contributed by atoms with Crippen molar-refractivity contribution >= 4 is 5.78 Å². The van der Waals surface area contributed by atoms with Gasteiger partial charge in [0, 0.05) is 11.5 Å². The molecule has 0 spiro atoms. The molecule has 1 aliphatic carbocycles. The highest BCUT2D eigenvalue weighted by Crippen LogP contribution is 2.32. The van der Waals surface area contributed by atoms with Gasteiger partial charge >= 0.3 is 0 Å². The molecule has 1 atom stereocenters. The molecule has 0 aromatic heterocycles. The molecular formula is C20H30O. The second-order valence-corrected chi connectivity index (χ2v) is 6.57. The Morgan fingerprint density at radius 1 is 1.10 bits per heavy atom. The van der Waals surface area contributed by atoms with Gasteiger partial charge in [0.05, 0.1) is 0 Å². The van der Waals surface area contributed by atoms with Crippen LogP contribution in [0.2, 0.25) is 0 Å². The standard InChI is InChI=1S/C20H30O/c1-3-5-9-16(4-2)20(21)19-14-12-18(13-15-19)17-10-7-6-8-11-17/h12-17H,3-11H2,1-2H3. The summed E-state index contributed by atoms with van der Waals surface area (Å²) in [5, 5.41) is 0. The Labute approximate surface area is 130 Å². The van der Waals surface area contributed by atoms with Crippen LogP contribution in [-0.4, -0.2) is 5.78 Å². The van der Waals surface area contributed by atoms with Crippen LogP contribution in [0.5, 0.6) is 0 Å². The molecule has 0 bridgehead atoms. The van der Waals surface area contributed by atoms with E-state index in [4.69, 9.17) is 0 Å². The minimum Gasteiger partial charge on any atom is -0.294 e. The average Bonchev–Trinajstić information content (AvgIpc) is 2.56. The van der Waals surface area contributed by atoms with Gasteiger partial charge in [-0.25, -0.2) is 0 Å². The first kappa shape index (κ1) is 16.3. The molecule has 0 radical (unpaired) electrons. The number of rotatable bonds is 7. The summed E-state index contributed by atoms with van der Waals surface area (Å²) in [6.45, 7) is 4.32. The predicted octanol–water partition coefficient (Wildman–Crippen LogP) is 6.13. The molecule has 0 amide bonds. The summed E-state index contributed by atoms with van der Waals surface area (Å²) in [6, 6.07) is 8.55. The SMILES string of the molecule is CCCCC(CC)C(=O)c1ccc(C2CCCCC2)cc1. The lowest BCUT2D eigenvalue weighted by Gasteiger charge is -2.22. The molecule has 2 rings (SSSR count). The van der Waals surface area contributed by atoms with E-state index in [2.05, 4.69) is 38.1 Å². The van der Waals surface area contributed by atoms with Gasteiger partial charge < -0.3 is 0 Å². The minimum atomic E-state index is 0.213. The molecule has 116 valence electrons. The van der Waals surface area contributed by atoms with E-state index in [1.807, 2.05) is 0 Å². The second-order valence-electron chi connectivity index (χ2n) is 6.57. The fourth-order valence-corrected chi connectivity index (χ4v) is 3.56.